The van der Waals surface area contributed by atoms with Gasteiger partial charge in [0, 0.05) is 0 Å². The van der Waals surface area contributed by atoms with E-state index in [4.69, 9.17) is 14.2 Å². The predicted molar refractivity (Wildman–Crippen MR) is 50.9 cm³/mol. The lowest BCUT2D eigenvalue weighted by Crippen LogP contribution is -2.46. The SMILES string of the molecule is C=C[C@]1(CO)O[C@@H]2OC(C)(C)O[C@@H]2[C@@H]1O. The minimum absolute atomic E-state index is 0.349. The molecule has 0 bridgehead atoms. The lowest BCUT2D eigenvalue weighted by molar-refractivity contribution is -0.234. The smallest absolute Gasteiger partial charge is 0.191 e. The van der Waals surface area contributed by atoms with Crippen LogP contribution in [-0.4, -0.2) is 46.7 Å². The monoisotopic (exact) mass is 216 g/mol. The van der Waals surface area contributed by atoms with Gasteiger partial charge in [0.1, 0.15) is 17.8 Å². The van der Waals surface area contributed by atoms with Gasteiger partial charge >= 0.3 is 0 Å². The van der Waals surface area contributed by atoms with Gasteiger partial charge in [0.15, 0.2) is 12.1 Å². The van der Waals surface area contributed by atoms with Gasteiger partial charge in [-0.25, -0.2) is 0 Å². The highest BCUT2D eigenvalue weighted by Crippen LogP contribution is 2.42. The number of hydrogen-bond acceptors (Lipinski definition) is 5. The van der Waals surface area contributed by atoms with E-state index in [-0.39, 0.29) is 6.61 Å². The van der Waals surface area contributed by atoms with Crippen molar-refractivity contribution >= 4 is 0 Å². The van der Waals surface area contributed by atoms with E-state index in [0.717, 1.165) is 0 Å². The van der Waals surface area contributed by atoms with Crippen molar-refractivity contribution in [2.45, 2.75) is 43.7 Å². The van der Waals surface area contributed by atoms with Crippen molar-refractivity contribution in [3.05, 3.63) is 12.7 Å². The third-order valence-electron chi connectivity index (χ3n) is 2.83. The Labute approximate surface area is 88.3 Å². The van der Waals surface area contributed by atoms with Crippen LogP contribution in [-0.2, 0) is 14.2 Å². The summed E-state index contributed by atoms with van der Waals surface area (Å²) in [4.78, 5) is 0. The molecule has 0 aromatic rings. The highest BCUT2D eigenvalue weighted by molar-refractivity contribution is 5.11. The van der Waals surface area contributed by atoms with Crippen LogP contribution in [0.2, 0.25) is 0 Å². The molecule has 2 rings (SSSR count). The van der Waals surface area contributed by atoms with Crippen molar-refractivity contribution in [1.29, 1.82) is 0 Å². The van der Waals surface area contributed by atoms with Gasteiger partial charge in [0.2, 0.25) is 0 Å². The first-order valence-electron chi connectivity index (χ1n) is 4.90. The summed E-state index contributed by atoms with van der Waals surface area (Å²) in [6.45, 7) is 6.69. The average molecular weight is 216 g/mol. The number of aliphatic hydroxyl groups is 2. The molecule has 15 heavy (non-hydrogen) atoms. The van der Waals surface area contributed by atoms with Crippen LogP contribution in [0.25, 0.3) is 0 Å². The summed E-state index contributed by atoms with van der Waals surface area (Å²) < 4.78 is 16.4. The van der Waals surface area contributed by atoms with Crippen molar-refractivity contribution in [2.24, 2.45) is 0 Å². The highest BCUT2D eigenvalue weighted by atomic mass is 16.8. The zero-order chi connectivity index (χ0) is 11.3. The van der Waals surface area contributed by atoms with Crippen LogP contribution in [0.3, 0.4) is 0 Å². The van der Waals surface area contributed by atoms with Gasteiger partial charge in [0.25, 0.3) is 0 Å². The van der Waals surface area contributed by atoms with E-state index in [1.54, 1.807) is 13.8 Å². The maximum absolute atomic E-state index is 9.98. The molecule has 0 spiro atoms. The van der Waals surface area contributed by atoms with E-state index >= 15 is 0 Å². The van der Waals surface area contributed by atoms with E-state index in [9.17, 15) is 10.2 Å². The molecule has 5 nitrogen and oxygen atoms in total. The Morgan fingerprint density at radius 1 is 1.33 bits per heavy atom. The Bertz CT molecular complexity index is 277. The summed E-state index contributed by atoms with van der Waals surface area (Å²) in [5.74, 6) is -0.765. The van der Waals surface area contributed by atoms with Gasteiger partial charge < -0.3 is 24.4 Å². The molecule has 0 aromatic carbocycles. The maximum Gasteiger partial charge on any atom is 0.191 e. The number of aliphatic hydroxyl groups excluding tert-OH is 2. The molecule has 2 aliphatic heterocycles. The van der Waals surface area contributed by atoms with Crippen molar-refractivity contribution in [3.63, 3.8) is 0 Å². The molecule has 0 saturated carbocycles. The molecule has 2 fully saturated rings. The first kappa shape index (κ1) is 11.0. The molecule has 86 valence electrons. The predicted octanol–water partition coefficient (Wildman–Crippen LogP) is -0.228. The quantitative estimate of drug-likeness (QED) is 0.624. The third-order valence-corrected chi connectivity index (χ3v) is 2.83. The van der Waals surface area contributed by atoms with Crippen LogP contribution in [0.5, 0.6) is 0 Å². The summed E-state index contributed by atoms with van der Waals surface area (Å²) in [6, 6.07) is 0. The van der Waals surface area contributed by atoms with E-state index in [1.165, 1.54) is 6.08 Å². The van der Waals surface area contributed by atoms with Crippen molar-refractivity contribution in [3.8, 4) is 0 Å². The standard InChI is InChI=1S/C10H16O5/c1-4-10(5-11)7(12)6-8(15-10)14-9(2,3)13-6/h4,6-8,11-12H,1,5H2,2-3H3/t6-,7+,8+,10-/m1/s1. The molecule has 0 aromatic heterocycles. The lowest BCUT2D eigenvalue weighted by Gasteiger charge is -2.29. The third kappa shape index (κ3) is 1.51. The minimum atomic E-state index is -1.17. The summed E-state index contributed by atoms with van der Waals surface area (Å²) in [5.41, 5.74) is -1.17. The highest BCUT2D eigenvalue weighted by Gasteiger charge is 2.60. The number of ether oxygens (including phenoxy) is 3. The van der Waals surface area contributed by atoms with Gasteiger partial charge in [-0.3, -0.25) is 0 Å². The number of rotatable bonds is 2. The Morgan fingerprint density at radius 3 is 2.47 bits per heavy atom. The molecular weight excluding hydrogens is 200 g/mol. The van der Waals surface area contributed by atoms with Crippen molar-refractivity contribution in [1.82, 2.24) is 0 Å². The second kappa shape index (κ2) is 3.26. The van der Waals surface area contributed by atoms with Gasteiger partial charge in [-0.15, -0.1) is 6.58 Å². The zero-order valence-corrected chi connectivity index (χ0v) is 8.84. The van der Waals surface area contributed by atoms with Crippen LogP contribution in [0.15, 0.2) is 12.7 Å². The summed E-state index contributed by atoms with van der Waals surface area (Å²) >= 11 is 0. The number of hydrogen-bond donors (Lipinski definition) is 2. The molecular formula is C10H16O5. The summed E-state index contributed by atoms with van der Waals surface area (Å²) in [6.07, 6.45) is -0.813. The Hall–Kier alpha value is -0.460. The molecule has 2 heterocycles. The average Bonchev–Trinajstić information content (AvgIpc) is 2.59. The Balaban J connectivity index is 2.21. The van der Waals surface area contributed by atoms with Crippen LogP contribution in [0.1, 0.15) is 13.8 Å². The van der Waals surface area contributed by atoms with Crippen LogP contribution >= 0.6 is 0 Å². The fourth-order valence-corrected chi connectivity index (χ4v) is 1.99. The maximum atomic E-state index is 9.98. The molecule has 0 unspecified atom stereocenters. The van der Waals surface area contributed by atoms with E-state index in [2.05, 4.69) is 6.58 Å². The largest absolute Gasteiger partial charge is 0.393 e. The molecule has 0 aliphatic carbocycles. The zero-order valence-electron chi connectivity index (χ0n) is 8.84. The lowest BCUT2D eigenvalue weighted by atomic mass is 9.96. The van der Waals surface area contributed by atoms with Gasteiger partial charge in [-0.2, -0.15) is 0 Å². The molecule has 0 radical (unpaired) electrons. The topological polar surface area (TPSA) is 68.2 Å². The second-order valence-corrected chi connectivity index (χ2v) is 4.35. The van der Waals surface area contributed by atoms with Gasteiger partial charge in [-0.05, 0) is 13.8 Å². The van der Waals surface area contributed by atoms with Crippen LogP contribution < -0.4 is 0 Å². The second-order valence-electron chi connectivity index (χ2n) is 4.35. The first-order valence-corrected chi connectivity index (χ1v) is 4.90. The van der Waals surface area contributed by atoms with Gasteiger partial charge in [-0.1, -0.05) is 6.08 Å². The van der Waals surface area contributed by atoms with E-state index in [0.29, 0.717) is 0 Å². The molecule has 4 atom stereocenters. The Morgan fingerprint density at radius 2 is 2.00 bits per heavy atom. The minimum Gasteiger partial charge on any atom is -0.393 e. The van der Waals surface area contributed by atoms with Crippen molar-refractivity contribution < 1.29 is 24.4 Å². The fourth-order valence-electron chi connectivity index (χ4n) is 1.99. The van der Waals surface area contributed by atoms with E-state index in [1.807, 2.05) is 0 Å². The number of fused-ring (bicyclic) bond motifs is 1. The molecule has 2 N–H and O–H groups in total. The summed E-state index contributed by atoms with van der Waals surface area (Å²) in [7, 11) is 0. The van der Waals surface area contributed by atoms with Crippen LogP contribution in [0, 0.1) is 0 Å². The molecule has 5 heteroatoms. The first-order chi connectivity index (χ1) is 6.94. The van der Waals surface area contributed by atoms with E-state index < -0.39 is 29.9 Å². The van der Waals surface area contributed by atoms with Crippen molar-refractivity contribution in [2.75, 3.05) is 6.61 Å². The van der Waals surface area contributed by atoms with Crippen LogP contribution in [0.4, 0.5) is 0 Å². The fraction of sp³-hybridized carbons (Fsp3) is 0.800. The summed E-state index contributed by atoms with van der Waals surface area (Å²) in [5, 5.41) is 19.2. The molecule has 2 aliphatic rings. The Kier molecular flexibility index (Phi) is 2.40. The molecule has 0 amide bonds. The molecule has 2 saturated heterocycles. The normalized spacial score (nSPS) is 47.9. The van der Waals surface area contributed by atoms with Gasteiger partial charge in [0.05, 0.1) is 6.61 Å².